The summed E-state index contributed by atoms with van der Waals surface area (Å²) in [7, 11) is 0. The Kier molecular flexibility index (Phi) is 6.14. The molecule has 0 bridgehead atoms. The quantitative estimate of drug-likeness (QED) is 0.583. The Morgan fingerprint density at radius 3 is 2.72 bits per heavy atom. The fraction of sp³-hybridized carbons (Fsp3) is 0.765. The van der Waals surface area contributed by atoms with Crippen molar-refractivity contribution in [2.75, 3.05) is 6.61 Å². The average molecular weight is 250 g/mol. The number of unbranched alkanes of at least 4 members (excludes halogenated alkanes) is 1. The zero-order valence-corrected chi connectivity index (χ0v) is 12.9. The lowest BCUT2D eigenvalue weighted by molar-refractivity contribution is 0.0949. The number of hydrogen-bond donors (Lipinski definition) is 0. The Hall–Kier alpha value is -0.560. The van der Waals surface area contributed by atoms with Crippen LogP contribution in [-0.4, -0.2) is 12.7 Å². The van der Waals surface area contributed by atoms with Crippen LogP contribution in [0.5, 0.6) is 0 Å². The first-order chi connectivity index (χ1) is 8.47. The largest absolute Gasteiger partial charge is 0.374 e. The molecule has 0 heterocycles. The van der Waals surface area contributed by atoms with Gasteiger partial charge in [0.15, 0.2) is 0 Å². The van der Waals surface area contributed by atoms with Gasteiger partial charge in [0.2, 0.25) is 0 Å². The summed E-state index contributed by atoms with van der Waals surface area (Å²) in [5.74, 6) is 0. The summed E-state index contributed by atoms with van der Waals surface area (Å²) in [5.41, 5.74) is 3.42. The number of hydrogen-bond acceptors (Lipinski definition) is 1. The second-order valence-corrected chi connectivity index (χ2v) is 6.22. The van der Waals surface area contributed by atoms with E-state index in [1.54, 1.807) is 5.57 Å². The van der Waals surface area contributed by atoms with Crippen molar-refractivity contribution in [3.05, 3.63) is 23.3 Å². The molecule has 104 valence electrons. The van der Waals surface area contributed by atoms with Gasteiger partial charge in [-0.25, -0.2) is 0 Å². The van der Waals surface area contributed by atoms with E-state index < -0.39 is 0 Å². The molecule has 1 atom stereocenters. The predicted octanol–water partition coefficient (Wildman–Crippen LogP) is 5.27. The Morgan fingerprint density at radius 2 is 2.11 bits per heavy atom. The van der Waals surface area contributed by atoms with Crippen LogP contribution in [0.4, 0.5) is 0 Å². The van der Waals surface area contributed by atoms with E-state index >= 15 is 0 Å². The van der Waals surface area contributed by atoms with E-state index in [9.17, 15) is 0 Å². The monoisotopic (exact) mass is 250 g/mol. The fourth-order valence-electron chi connectivity index (χ4n) is 2.71. The third kappa shape index (κ3) is 4.61. The molecule has 1 unspecified atom stereocenters. The SMILES string of the molecule is CCCCOC(C)C=CC1=C(C)CCCC1(C)C. The maximum absolute atomic E-state index is 5.77. The lowest BCUT2D eigenvalue weighted by atomic mass is 9.72. The van der Waals surface area contributed by atoms with Gasteiger partial charge in [0.25, 0.3) is 0 Å². The maximum Gasteiger partial charge on any atom is 0.0730 e. The fourth-order valence-corrected chi connectivity index (χ4v) is 2.71. The van der Waals surface area contributed by atoms with Crippen LogP contribution >= 0.6 is 0 Å². The van der Waals surface area contributed by atoms with Gasteiger partial charge in [0, 0.05) is 6.61 Å². The van der Waals surface area contributed by atoms with E-state index in [-0.39, 0.29) is 6.10 Å². The van der Waals surface area contributed by atoms with Crippen molar-refractivity contribution in [1.82, 2.24) is 0 Å². The molecule has 1 aliphatic carbocycles. The standard InChI is InChI=1S/C17H30O/c1-6-7-13-18-15(3)10-11-16-14(2)9-8-12-17(16,4)5/h10-11,15H,6-9,12-13H2,1-5H3. The summed E-state index contributed by atoms with van der Waals surface area (Å²) in [6.07, 6.45) is 11.0. The second kappa shape index (κ2) is 7.13. The van der Waals surface area contributed by atoms with Crippen molar-refractivity contribution in [3.63, 3.8) is 0 Å². The zero-order chi connectivity index (χ0) is 13.6. The summed E-state index contributed by atoms with van der Waals surface area (Å²) >= 11 is 0. The molecule has 0 fully saturated rings. The van der Waals surface area contributed by atoms with E-state index in [0.717, 1.165) is 13.0 Å². The summed E-state index contributed by atoms with van der Waals surface area (Å²) in [4.78, 5) is 0. The molecule has 0 aromatic heterocycles. The highest BCUT2D eigenvalue weighted by molar-refractivity contribution is 5.32. The first-order valence-corrected chi connectivity index (χ1v) is 7.47. The van der Waals surface area contributed by atoms with Crippen LogP contribution in [0.25, 0.3) is 0 Å². The van der Waals surface area contributed by atoms with Gasteiger partial charge < -0.3 is 4.74 Å². The molecule has 1 nitrogen and oxygen atoms in total. The van der Waals surface area contributed by atoms with Crippen LogP contribution in [0.2, 0.25) is 0 Å². The molecule has 0 aromatic carbocycles. The van der Waals surface area contributed by atoms with Gasteiger partial charge in [-0.15, -0.1) is 0 Å². The predicted molar refractivity (Wildman–Crippen MR) is 79.8 cm³/mol. The van der Waals surface area contributed by atoms with Crippen molar-refractivity contribution >= 4 is 0 Å². The topological polar surface area (TPSA) is 9.23 Å². The minimum absolute atomic E-state index is 0.231. The van der Waals surface area contributed by atoms with Crippen molar-refractivity contribution in [2.45, 2.75) is 72.8 Å². The first kappa shape index (κ1) is 15.5. The maximum atomic E-state index is 5.77. The Balaban J connectivity index is 2.59. The molecule has 0 radical (unpaired) electrons. The van der Waals surface area contributed by atoms with Gasteiger partial charge in [0.1, 0.15) is 0 Å². The third-order valence-electron chi connectivity index (χ3n) is 3.96. The van der Waals surface area contributed by atoms with Crippen LogP contribution in [0.15, 0.2) is 23.3 Å². The molecule has 0 amide bonds. The van der Waals surface area contributed by atoms with Gasteiger partial charge in [-0.2, -0.15) is 0 Å². The minimum Gasteiger partial charge on any atom is -0.374 e. The number of allylic oxidation sites excluding steroid dienone is 3. The number of rotatable bonds is 6. The lowest BCUT2D eigenvalue weighted by Gasteiger charge is -2.33. The smallest absolute Gasteiger partial charge is 0.0730 e. The van der Waals surface area contributed by atoms with Crippen molar-refractivity contribution in [2.24, 2.45) is 5.41 Å². The molecule has 1 heteroatoms. The second-order valence-electron chi connectivity index (χ2n) is 6.22. The lowest BCUT2D eigenvalue weighted by Crippen LogP contribution is -2.19. The minimum atomic E-state index is 0.231. The Morgan fingerprint density at radius 1 is 1.39 bits per heavy atom. The average Bonchev–Trinajstić information content (AvgIpc) is 2.28. The molecule has 1 aliphatic rings. The molecule has 0 spiro atoms. The zero-order valence-electron chi connectivity index (χ0n) is 12.9. The van der Waals surface area contributed by atoms with E-state index in [1.807, 2.05) is 0 Å². The summed E-state index contributed by atoms with van der Waals surface area (Å²) < 4.78 is 5.77. The van der Waals surface area contributed by atoms with E-state index in [1.165, 1.54) is 31.3 Å². The van der Waals surface area contributed by atoms with Gasteiger partial charge in [-0.05, 0) is 50.5 Å². The highest BCUT2D eigenvalue weighted by Gasteiger charge is 2.26. The summed E-state index contributed by atoms with van der Waals surface area (Å²) in [6.45, 7) is 12.2. The number of ether oxygens (including phenoxy) is 1. The summed E-state index contributed by atoms with van der Waals surface area (Å²) in [6, 6.07) is 0. The Labute approximate surface area is 113 Å². The van der Waals surface area contributed by atoms with E-state index in [0.29, 0.717) is 5.41 Å². The highest BCUT2D eigenvalue weighted by atomic mass is 16.5. The third-order valence-corrected chi connectivity index (χ3v) is 3.96. The van der Waals surface area contributed by atoms with Gasteiger partial charge in [-0.1, -0.05) is 44.9 Å². The molecule has 0 saturated carbocycles. The van der Waals surface area contributed by atoms with E-state index in [4.69, 9.17) is 4.74 Å². The molecular formula is C17H30O. The van der Waals surface area contributed by atoms with Crippen molar-refractivity contribution in [3.8, 4) is 0 Å². The highest BCUT2D eigenvalue weighted by Crippen LogP contribution is 2.40. The van der Waals surface area contributed by atoms with Gasteiger partial charge >= 0.3 is 0 Å². The van der Waals surface area contributed by atoms with Crippen LogP contribution < -0.4 is 0 Å². The molecule has 18 heavy (non-hydrogen) atoms. The molecule has 0 saturated heterocycles. The van der Waals surface area contributed by atoms with Crippen LogP contribution in [0.1, 0.15) is 66.7 Å². The Bertz CT molecular complexity index is 310. The molecule has 1 rings (SSSR count). The van der Waals surface area contributed by atoms with Crippen molar-refractivity contribution in [1.29, 1.82) is 0 Å². The summed E-state index contributed by atoms with van der Waals surface area (Å²) in [5, 5.41) is 0. The first-order valence-electron chi connectivity index (χ1n) is 7.47. The van der Waals surface area contributed by atoms with Gasteiger partial charge in [0.05, 0.1) is 6.10 Å². The molecular weight excluding hydrogens is 220 g/mol. The van der Waals surface area contributed by atoms with Crippen LogP contribution in [-0.2, 0) is 4.74 Å². The molecule has 0 aliphatic heterocycles. The van der Waals surface area contributed by atoms with E-state index in [2.05, 4.69) is 46.8 Å². The molecule has 0 aromatic rings. The van der Waals surface area contributed by atoms with Crippen LogP contribution in [0, 0.1) is 5.41 Å². The van der Waals surface area contributed by atoms with Gasteiger partial charge in [-0.3, -0.25) is 0 Å². The van der Waals surface area contributed by atoms with Crippen molar-refractivity contribution < 1.29 is 4.74 Å². The van der Waals surface area contributed by atoms with Crippen LogP contribution in [0.3, 0.4) is 0 Å². The normalized spacial score (nSPS) is 21.6. The molecule has 0 N–H and O–H groups in total.